The van der Waals surface area contributed by atoms with Gasteiger partial charge in [0, 0.05) is 58.6 Å². The van der Waals surface area contributed by atoms with E-state index in [0.29, 0.717) is 89.0 Å². The van der Waals surface area contributed by atoms with Gasteiger partial charge in [-0.15, -0.1) is 45.3 Å². The number of aromatic nitrogens is 4. The number of phenols is 2. The first-order valence-electron chi connectivity index (χ1n) is 22.8. The third-order valence-electron chi connectivity index (χ3n) is 12.0. The van der Waals surface area contributed by atoms with E-state index in [0.717, 1.165) is 110 Å². The highest BCUT2D eigenvalue weighted by Gasteiger charge is 2.24. The normalized spacial score (nSPS) is 12.4. The molecule has 8 aromatic rings. The molecule has 0 spiro atoms. The second-order valence-electron chi connectivity index (χ2n) is 17.3. The van der Waals surface area contributed by atoms with Crippen molar-refractivity contribution in [3.8, 4) is 43.0 Å². The number of ether oxygens (including phenoxy) is 2. The maximum atomic E-state index is 12.5. The number of aromatic hydroxyl groups is 2. The first-order chi connectivity index (χ1) is 33.1. The quantitative estimate of drug-likeness (QED) is 0.0536. The zero-order chi connectivity index (χ0) is 47.3. The molecule has 0 aliphatic heterocycles. The van der Waals surface area contributed by atoms with Crippen molar-refractivity contribution in [3.05, 3.63) is 160 Å². The lowest BCUT2D eigenvalue weighted by Gasteiger charge is -2.23. The number of phenolic OH excluding ortho intramolecular Hbond substituents is 2. The summed E-state index contributed by atoms with van der Waals surface area (Å²) < 4.78 is 13.8. The average molecular weight is 985 g/mol. The van der Waals surface area contributed by atoms with E-state index in [-0.39, 0.29) is 24.7 Å². The third-order valence-corrected chi connectivity index (χ3v) is 15.9. The molecule has 10 N–H and O–H groups in total. The molecule has 16 heteroatoms. The fourth-order valence-electron chi connectivity index (χ4n) is 8.96. The Morgan fingerprint density at radius 3 is 0.985 bits per heavy atom. The molecule has 1 aliphatic rings. The van der Waals surface area contributed by atoms with Gasteiger partial charge >= 0.3 is 0 Å². The van der Waals surface area contributed by atoms with Crippen LogP contribution in [-0.4, -0.2) is 56.3 Å². The van der Waals surface area contributed by atoms with Gasteiger partial charge in [0.25, 0.3) is 0 Å². The fraction of sp³-hybridized carbons (Fsp3) is 0.308. The summed E-state index contributed by atoms with van der Waals surface area (Å²) in [6.07, 6.45) is 3.94. The molecule has 0 saturated heterocycles. The van der Waals surface area contributed by atoms with Crippen molar-refractivity contribution in [2.24, 2.45) is 22.9 Å². The van der Waals surface area contributed by atoms with E-state index in [1.165, 1.54) is 0 Å². The highest BCUT2D eigenvalue weighted by atomic mass is 32.1. The molecule has 8 bridgehead atoms. The molecule has 0 amide bonds. The van der Waals surface area contributed by atoms with Gasteiger partial charge in [0.1, 0.15) is 36.2 Å². The molecule has 0 saturated carbocycles. The predicted octanol–water partition coefficient (Wildman–Crippen LogP) is 8.71. The molecule has 12 nitrogen and oxygen atoms in total. The molecular weight excluding hydrogens is 929 g/mol. The van der Waals surface area contributed by atoms with E-state index < -0.39 is 0 Å². The summed E-state index contributed by atoms with van der Waals surface area (Å²) in [6.45, 7) is 6.16. The number of fused-ring (bicyclic) bond motifs is 8. The second-order valence-corrected chi connectivity index (χ2v) is 20.8. The number of thiazole rings is 4. The molecule has 0 radical (unpaired) electrons. The largest absolute Gasteiger partial charge is 0.507 e. The minimum Gasteiger partial charge on any atom is -0.507 e. The van der Waals surface area contributed by atoms with Gasteiger partial charge in [-0.3, -0.25) is 0 Å². The van der Waals surface area contributed by atoms with E-state index in [2.05, 4.69) is 58.5 Å². The third kappa shape index (κ3) is 10.8. The zero-order valence-corrected chi connectivity index (χ0v) is 41.5. The van der Waals surface area contributed by atoms with Crippen LogP contribution in [0.5, 0.6) is 23.0 Å². The molecule has 4 heterocycles. The van der Waals surface area contributed by atoms with Crippen molar-refractivity contribution < 1.29 is 19.7 Å². The Bertz CT molecular complexity index is 2760. The standard InChI is InChI=1S/C52H56N8O4S4/c1-29-25-65-49(57-29)51-59-43(27-67-51)23-63-47-39-15-33(5-9-55)16-40(47)20-36-12-32(4-8-54)14-38(46(36)62)22-42-18-34(6-10-56)17-41(21-37-13-31(3-7-53)11-35(19-39)45(37)61)48(42)64-24-44-28-68-52(60-44)50-58-30(2)26-66-50/h11-18,25-28,61-62H,3-10,19-24,53-56H2,1-2H3. The SMILES string of the molecule is Cc1csc(-c2nc(COc3c4cc(CCN)cc3Cc3cc(CCN)cc(c3O)Cc3cc(CCN)cc(c3OCc3csc(-c5nc(C)cs5)n3)Cc3cc(CCN)cc(c3O)C4)cs2)n1. The van der Waals surface area contributed by atoms with Gasteiger partial charge in [0.05, 0.1) is 11.4 Å². The van der Waals surface area contributed by atoms with Crippen molar-refractivity contribution in [2.45, 2.75) is 78.4 Å². The first-order valence-corrected chi connectivity index (χ1v) is 26.4. The van der Waals surface area contributed by atoms with Gasteiger partial charge in [-0.25, -0.2) is 19.9 Å². The summed E-state index contributed by atoms with van der Waals surface area (Å²) in [5, 5.41) is 36.5. The molecule has 0 fully saturated rings. The van der Waals surface area contributed by atoms with E-state index in [9.17, 15) is 10.2 Å². The minimum atomic E-state index is 0.200. The summed E-state index contributed by atoms with van der Waals surface area (Å²) >= 11 is 6.23. The lowest BCUT2D eigenvalue weighted by Crippen LogP contribution is -2.11. The van der Waals surface area contributed by atoms with Crippen LogP contribution in [0.1, 0.15) is 89.5 Å². The molecular formula is C52H56N8O4S4. The lowest BCUT2D eigenvalue weighted by molar-refractivity contribution is 0.296. The Morgan fingerprint density at radius 1 is 0.426 bits per heavy atom. The van der Waals surface area contributed by atoms with Crippen molar-refractivity contribution in [2.75, 3.05) is 26.2 Å². The van der Waals surface area contributed by atoms with Crippen molar-refractivity contribution >= 4 is 45.3 Å². The Kier molecular flexibility index (Phi) is 14.9. The van der Waals surface area contributed by atoms with Crippen molar-refractivity contribution in [3.63, 3.8) is 0 Å². The summed E-state index contributed by atoms with van der Waals surface area (Å²) in [4.78, 5) is 19.1. The van der Waals surface area contributed by atoms with Crippen LogP contribution in [0.25, 0.3) is 20.0 Å². The molecule has 0 atom stereocenters. The lowest BCUT2D eigenvalue weighted by atomic mass is 9.87. The first kappa shape index (κ1) is 47.5. The maximum absolute atomic E-state index is 12.5. The summed E-state index contributed by atoms with van der Waals surface area (Å²) in [6, 6.07) is 16.8. The Labute approximate surface area is 412 Å². The molecule has 1 aliphatic carbocycles. The van der Waals surface area contributed by atoms with E-state index in [1.54, 1.807) is 45.3 Å². The average Bonchev–Trinajstić information content (AvgIpc) is 4.15. The molecule has 0 unspecified atom stereocenters. The van der Waals surface area contributed by atoms with Gasteiger partial charge in [-0.2, -0.15) is 0 Å². The monoisotopic (exact) mass is 984 g/mol. The Hall–Kier alpha value is -5.56. The predicted molar refractivity (Wildman–Crippen MR) is 276 cm³/mol. The van der Waals surface area contributed by atoms with E-state index in [1.807, 2.05) is 35.4 Å². The molecule has 9 rings (SSSR count). The number of rotatable bonds is 16. The zero-order valence-electron chi connectivity index (χ0n) is 38.3. The van der Waals surface area contributed by atoms with Gasteiger partial charge in [-0.1, -0.05) is 48.5 Å². The van der Waals surface area contributed by atoms with Gasteiger partial charge in [-0.05, 0) is 132 Å². The maximum Gasteiger partial charge on any atom is 0.152 e. The second kappa shape index (κ2) is 21.4. The number of hydrogen-bond acceptors (Lipinski definition) is 16. The highest BCUT2D eigenvalue weighted by molar-refractivity contribution is 7.20. The van der Waals surface area contributed by atoms with Crippen LogP contribution in [0, 0.1) is 13.8 Å². The Morgan fingerprint density at radius 2 is 0.706 bits per heavy atom. The molecule has 4 aromatic heterocycles. The summed E-state index contributed by atoms with van der Waals surface area (Å²) in [5.41, 5.74) is 39.0. The van der Waals surface area contributed by atoms with Gasteiger partial charge < -0.3 is 42.6 Å². The summed E-state index contributed by atoms with van der Waals surface area (Å²) in [5.74, 6) is 1.75. The van der Waals surface area contributed by atoms with Gasteiger partial charge in [0.2, 0.25) is 0 Å². The topological polar surface area (TPSA) is 215 Å². The van der Waals surface area contributed by atoms with Crippen LogP contribution in [0.15, 0.2) is 70.1 Å². The van der Waals surface area contributed by atoms with Crippen LogP contribution in [0.3, 0.4) is 0 Å². The molecule has 4 aromatic carbocycles. The number of aryl methyl sites for hydroxylation is 2. The van der Waals surface area contributed by atoms with E-state index >= 15 is 0 Å². The summed E-state index contributed by atoms with van der Waals surface area (Å²) in [7, 11) is 0. The fourth-order valence-corrected chi connectivity index (χ4v) is 12.3. The molecule has 68 heavy (non-hydrogen) atoms. The molecule has 352 valence electrons. The highest BCUT2D eigenvalue weighted by Crippen LogP contribution is 2.41. The minimum absolute atomic E-state index is 0.200. The van der Waals surface area contributed by atoms with Crippen molar-refractivity contribution in [1.29, 1.82) is 0 Å². The number of benzene rings is 4. The number of nitrogens with two attached hydrogens (primary N) is 4. The number of hydrogen-bond donors (Lipinski definition) is 6. The van der Waals surface area contributed by atoms with Crippen LogP contribution in [-0.2, 0) is 64.6 Å². The van der Waals surface area contributed by atoms with Crippen LogP contribution in [0.2, 0.25) is 0 Å². The number of nitrogens with zero attached hydrogens (tertiary/aromatic N) is 4. The van der Waals surface area contributed by atoms with Crippen LogP contribution < -0.4 is 32.4 Å². The smallest absolute Gasteiger partial charge is 0.152 e. The van der Waals surface area contributed by atoms with Crippen molar-refractivity contribution in [1.82, 2.24) is 19.9 Å². The van der Waals surface area contributed by atoms with Crippen LogP contribution >= 0.6 is 45.3 Å². The van der Waals surface area contributed by atoms with Crippen LogP contribution in [0.4, 0.5) is 0 Å². The van der Waals surface area contributed by atoms with E-state index in [4.69, 9.17) is 42.4 Å². The Balaban J connectivity index is 1.20. The van der Waals surface area contributed by atoms with Gasteiger partial charge in [0.15, 0.2) is 20.0 Å².